The van der Waals surface area contributed by atoms with Crippen LogP contribution in [-0.4, -0.2) is 21.9 Å². The highest BCUT2D eigenvalue weighted by Gasteiger charge is 2.46. The van der Waals surface area contributed by atoms with E-state index in [0.29, 0.717) is 21.8 Å². The molecule has 2 aromatic carbocycles. The summed E-state index contributed by atoms with van der Waals surface area (Å²) in [5.41, 5.74) is 1.72. The van der Waals surface area contributed by atoms with Crippen molar-refractivity contribution in [3.63, 3.8) is 0 Å². The molecule has 0 saturated heterocycles. The maximum Gasteiger partial charge on any atom is 0.410 e. The molecule has 162 valence electrons. The first-order valence-electron chi connectivity index (χ1n) is 9.38. The Hall–Kier alpha value is -2.52. The van der Waals surface area contributed by atoms with Crippen molar-refractivity contribution in [1.82, 2.24) is 9.78 Å². The van der Waals surface area contributed by atoms with Crippen LogP contribution in [0.3, 0.4) is 0 Å². The van der Waals surface area contributed by atoms with Crippen molar-refractivity contribution in [1.29, 1.82) is 0 Å². The van der Waals surface area contributed by atoms with Crippen molar-refractivity contribution >= 4 is 44.9 Å². The van der Waals surface area contributed by atoms with Crippen molar-refractivity contribution < 1.29 is 18.0 Å². The molecule has 0 bridgehead atoms. The topological polar surface area (TPSA) is 59.0 Å². The van der Waals surface area contributed by atoms with Crippen LogP contribution in [0.25, 0.3) is 0 Å². The Morgan fingerprint density at radius 3 is 2.65 bits per heavy atom. The minimum atomic E-state index is -4.52. The van der Waals surface area contributed by atoms with Crippen molar-refractivity contribution in [2.45, 2.75) is 31.6 Å². The molecule has 1 aliphatic rings. The van der Waals surface area contributed by atoms with E-state index in [-0.39, 0.29) is 17.9 Å². The molecule has 3 aromatic rings. The van der Waals surface area contributed by atoms with Crippen LogP contribution < -0.4 is 10.6 Å². The van der Waals surface area contributed by atoms with E-state index in [2.05, 4.69) is 31.7 Å². The third-order valence-corrected chi connectivity index (χ3v) is 6.15. The molecule has 10 heteroatoms. The summed E-state index contributed by atoms with van der Waals surface area (Å²) in [6.45, 7) is 1.74. The molecule has 0 spiro atoms. The highest BCUT2D eigenvalue weighted by atomic mass is 79.9. The van der Waals surface area contributed by atoms with Crippen LogP contribution in [-0.2, 0) is 0 Å². The molecule has 0 saturated carbocycles. The van der Waals surface area contributed by atoms with Gasteiger partial charge in [-0.25, -0.2) is 4.68 Å². The lowest BCUT2D eigenvalue weighted by molar-refractivity contribution is -0.173. The zero-order valence-electron chi connectivity index (χ0n) is 16.2. The molecule has 2 atom stereocenters. The fourth-order valence-corrected chi connectivity index (χ4v) is 3.97. The molecule has 2 heterocycles. The van der Waals surface area contributed by atoms with E-state index in [1.165, 1.54) is 6.07 Å². The molecule has 0 fully saturated rings. The standard InChI is InChI=1S/C21H17BrClF3N4O/c1-11-14(23)3-2-4-15(11)28-20(31)17-10-19-27-16(12-5-7-13(22)8-6-12)9-18(21(24,25)26)30(19)29-17/h2-8,10,16,18,27H,9H2,1H3,(H,28,31). The fraction of sp³-hybridized carbons (Fsp3) is 0.238. The maximum atomic E-state index is 13.8. The number of alkyl halides is 3. The van der Waals surface area contributed by atoms with Gasteiger partial charge in [0.25, 0.3) is 5.91 Å². The van der Waals surface area contributed by atoms with Crippen LogP contribution in [0.5, 0.6) is 0 Å². The first-order chi connectivity index (χ1) is 14.6. The average Bonchev–Trinajstić information content (AvgIpc) is 3.14. The van der Waals surface area contributed by atoms with Gasteiger partial charge in [0.05, 0.1) is 6.04 Å². The van der Waals surface area contributed by atoms with E-state index < -0.39 is 24.2 Å². The van der Waals surface area contributed by atoms with Gasteiger partial charge in [0.15, 0.2) is 11.7 Å². The second-order valence-electron chi connectivity index (χ2n) is 7.27. The molecular formula is C21H17BrClF3N4O. The van der Waals surface area contributed by atoms with Gasteiger partial charge < -0.3 is 10.6 Å². The molecule has 5 nitrogen and oxygen atoms in total. The molecule has 1 amide bonds. The predicted octanol–water partition coefficient (Wildman–Crippen LogP) is 6.52. The van der Waals surface area contributed by atoms with Crippen LogP contribution in [0.2, 0.25) is 5.02 Å². The monoisotopic (exact) mass is 512 g/mol. The summed E-state index contributed by atoms with van der Waals surface area (Å²) in [6.07, 6.45) is -4.76. The first-order valence-corrected chi connectivity index (χ1v) is 10.6. The Labute approximate surface area is 189 Å². The van der Waals surface area contributed by atoms with Gasteiger partial charge in [0.2, 0.25) is 0 Å². The number of amides is 1. The predicted molar refractivity (Wildman–Crippen MR) is 117 cm³/mol. The lowest BCUT2D eigenvalue weighted by atomic mass is 9.97. The summed E-state index contributed by atoms with van der Waals surface area (Å²) in [4.78, 5) is 12.7. The van der Waals surface area contributed by atoms with Crippen molar-refractivity contribution in [3.8, 4) is 0 Å². The molecule has 1 aromatic heterocycles. The van der Waals surface area contributed by atoms with Crippen LogP contribution >= 0.6 is 27.5 Å². The van der Waals surface area contributed by atoms with Crippen molar-refractivity contribution in [3.05, 3.63) is 74.8 Å². The van der Waals surface area contributed by atoms with E-state index >= 15 is 0 Å². The average molecular weight is 514 g/mol. The zero-order chi connectivity index (χ0) is 22.3. The summed E-state index contributed by atoms with van der Waals surface area (Å²) in [6, 6.07) is 11.0. The number of nitrogens with one attached hydrogen (secondary N) is 2. The number of benzene rings is 2. The number of rotatable bonds is 3. The van der Waals surface area contributed by atoms with Crippen LogP contribution in [0.15, 0.2) is 53.0 Å². The third kappa shape index (κ3) is 4.43. The number of anilines is 2. The Morgan fingerprint density at radius 1 is 1.26 bits per heavy atom. The number of hydrogen-bond donors (Lipinski definition) is 2. The molecule has 31 heavy (non-hydrogen) atoms. The van der Waals surface area contributed by atoms with Crippen molar-refractivity contribution in [2.24, 2.45) is 0 Å². The number of carbonyl (C=O) groups is 1. The first kappa shape index (κ1) is 21.7. The highest BCUT2D eigenvalue weighted by molar-refractivity contribution is 9.10. The van der Waals surface area contributed by atoms with E-state index in [9.17, 15) is 18.0 Å². The molecule has 0 radical (unpaired) electrons. The number of hydrogen-bond acceptors (Lipinski definition) is 3. The van der Waals surface area contributed by atoms with Gasteiger partial charge in [-0.3, -0.25) is 4.79 Å². The maximum absolute atomic E-state index is 13.8. The summed E-state index contributed by atoms with van der Waals surface area (Å²) < 4.78 is 43.1. The molecular weight excluding hydrogens is 497 g/mol. The summed E-state index contributed by atoms with van der Waals surface area (Å²) in [5, 5.41) is 10.2. The number of nitrogens with zero attached hydrogens (tertiary/aromatic N) is 2. The van der Waals surface area contributed by atoms with Gasteiger partial charge >= 0.3 is 6.18 Å². The van der Waals surface area contributed by atoms with Crippen molar-refractivity contribution in [2.75, 3.05) is 10.6 Å². The lowest BCUT2D eigenvalue weighted by Gasteiger charge is -2.33. The second-order valence-corrected chi connectivity index (χ2v) is 8.59. The van der Waals surface area contributed by atoms with Gasteiger partial charge in [-0.1, -0.05) is 45.7 Å². The molecule has 1 aliphatic heterocycles. The minimum absolute atomic E-state index is 0.118. The van der Waals surface area contributed by atoms with E-state index in [1.807, 2.05) is 0 Å². The smallest absolute Gasteiger partial charge is 0.363 e. The summed E-state index contributed by atoms with van der Waals surface area (Å²) in [5.74, 6) is -0.482. The SMILES string of the molecule is Cc1c(Cl)cccc1NC(=O)c1cc2n(n1)C(C(F)(F)F)CC(c1ccc(Br)cc1)N2. The molecule has 4 rings (SSSR count). The quantitative estimate of drug-likeness (QED) is 0.419. The normalized spacial score (nSPS) is 18.3. The van der Waals surface area contributed by atoms with Crippen LogP contribution in [0, 0.1) is 6.92 Å². The highest BCUT2D eigenvalue weighted by Crippen LogP contribution is 2.43. The van der Waals surface area contributed by atoms with Gasteiger partial charge in [-0.2, -0.15) is 18.3 Å². The Morgan fingerprint density at radius 2 is 1.97 bits per heavy atom. The molecule has 0 aliphatic carbocycles. The van der Waals surface area contributed by atoms with Crippen LogP contribution in [0.4, 0.5) is 24.7 Å². The van der Waals surface area contributed by atoms with Gasteiger partial charge in [-0.05, 0) is 42.3 Å². The number of aromatic nitrogens is 2. The van der Waals surface area contributed by atoms with E-state index in [4.69, 9.17) is 11.6 Å². The Balaban J connectivity index is 1.65. The number of halogens is 5. The summed E-state index contributed by atoms with van der Waals surface area (Å²) >= 11 is 9.40. The summed E-state index contributed by atoms with van der Waals surface area (Å²) in [7, 11) is 0. The largest absolute Gasteiger partial charge is 0.410 e. The number of carbonyl (C=O) groups excluding carboxylic acids is 1. The zero-order valence-corrected chi connectivity index (χ0v) is 18.5. The van der Waals surface area contributed by atoms with Gasteiger partial charge in [0, 0.05) is 27.7 Å². The lowest BCUT2D eigenvalue weighted by Crippen LogP contribution is -2.35. The molecule has 2 unspecified atom stereocenters. The van der Waals surface area contributed by atoms with Gasteiger partial charge in [-0.15, -0.1) is 0 Å². The second kappa shape index (κ2) is 8.20. The molecule has 2 N–H and O–H groups in total. The number of fused-ring (bicyclic) bond motifs is 1. The van der Waals surface area contributed by atoms with Gasteiger partial charge in [0.1, 0.15) is 5.82 Å². The fourth-order valence-electron chi connectivity index (χ4n) is 3.53. The third-order valence-electron chi connectivity index (χ3n) is 5.21. The van der Waals surface area contributed by atoms with E-state index in [0.717, 1.165) is 9.15 Å². The van der Waals surface area contributed by atoms with E-state index in [1.54, 1.807) is 49.4 Å². The minimum Gasteiger partial charge on any atom is -0.363 e. The van der Waals surface area contributed by atoms with Crippen LogP contribution in [0.1, 0.15) is 40.1 Å². The Kier molecular flexibility index (Phi) is 5.74. The Bertz CT molecular complexity index is 1130.